The van der Waals surface area contributed by atoms with Crippen molar-refractivity contribution < 1.29 is 9.47 Å². The van der Waals surface area contributed by atoms with E-state index >= 15 is 0 Å². The van der Waals surface area contributed by atoms with E-state index in [2.05, 4.69) is 22.3 Å². The number of methoxy groups -OCH3 is 2. The molecule has 20 heavy (non-hydrogen) atoms. The summed E-state index contributed by atoms with van der Waals surface area (Å²) in [5, 5.41) is 3.73. The van der Waals surface area contributed by atoms with Crippen LogP contribution in [0, 0.1) is 5.92 Å². The summed E-state index contributed by atoms with van der Waals surface area (Å²) >= 11 is 0. The van der Waals surface area contributed by atoms with E-state index in [4.69, 9.17) is 9.47 Å². The van der Waals surface area contributed by atoms with Crippen LogP contribution in [0.3, 0.4) is 0 Å². The van der Waals surface area contributed by atoms with Gasteiger partial charge in [-0.25, -0.2) is 0 Å². The van der Waals surface area contributed by atoms with Gasteiger partial charge in [-0.2, -0.15) is 0 Å². The maximum absolute atomic E-state index is 5.36. The average Bonchev–Trinajstić information content (AvgIpc) is 2.88. The normalized spacial score (nSPS) is 28.4. The summed E-state index contributed by atoms with van der Waals surface area (Å²) in [6, 6.07) is 6.82. The Labute approximate surface area is 121 Å². The molecule has 110 valence electrons. The highest BCUT2D eigenvalue weighted by molar-refractivity contribution is 5.42. The molecular weight excluding hydrogens is 252 g/mol. The molecule has 2 aliphatic rings. The molecule has 2 heterocycles. The highest BCUT2D eigenvalue weighted by Gasteiger charge is 2.33. The fourth-order valence-electron chi connectivity index (χ4n) is 3.46. The molecule has 1 N–H and O–H groups in total. The van der Waals surface area contributed by atoms with Gasteiger partial charge in [-0.1, -0.05) is 6.07 Å². The first kappa shape index (κ1) is 13.7. The van der Waals surface area contributed by atoms with Gasteiger partial charge in [-0.05, 0) is 49.5 Å². The molecule has 0 radical (unpaired) electrons. The van der Waals surface area contributed by atoms with Crippen LogP contribution in [0.2, 0.25) is 0 Å². The standard InChI is InChI=1S/C16H24N2O2/c1-19-15-4-3-12(9-16(15)20-2)10-17-14-6-8-18-7-5-13(14)11-18/h3-4,9,13-14,17H,5-8,10-11H2,1-2H3. The third-order valence-electron chi connectivity index (χ3n) is 4.65. The zero-order valence-electron chi connectivity index (χ0n) is 12.4. The molecule has 2 saturated heterocycles. The van der Waals surface area contributed by atoms with Crippen molar-refractivity contribution in [1.82, 2.24) is 10.2 Å². The summed E-state index contributed by atoms with van der Waals surface area (Å²) in [6.07, 6.45) is 2.63. The third kappa shape index (κ3) is 2.76. The summed E-state index contributed by atoms with van der Waals surface area (Å²) in [4.78, 5) is 2.58. The maximum Gasteiger partial charge on any atom is 0.161 e. The quantitative estimate of drug-likeness (QED) is 0.890. The first-order chi connectivity index (χ1) is 9.80. The zero-order chi connectivity index (χ0) is 13.9. The first-order valence-corrected chi connectivity index (χ1v) is 7.47. The minimum Gasteiger partial charge on any atom is -0.493 e. The van der Waals surface area contributed by atoms with Crippen LogP contribution in [0.5, 0.6) is 11.5 Å². The molecule has 2 fully saturated rings. The minimum atomic E-state index is 0.668. The molecule has 3 unspecified atom stereocenters. The lowest BCUT2D eigenvalue weighted by Crippen LogP contribution is -2.43. The molecular formula is C16H24N2O2. The monoisotopic (exact) mass is 276 g/mol. The summed E-state index contributed by atoms with van der Waals surface area (Å²) in [6.45, 7) is 4.73. The SMILES string of the molecule is COc1ccc(CNC2CCN3CCC2C3)cc1OC. The van der Waals surface area contributed by atoms with E-state index in [1.165, 1.54) is 38.0 Å². The smallest absolute Gasteiger partial charge is 0.161 e. The Kier molecular flexibility index (Phi) is 4.13. The van der Waals surface area contributed by atoms with Gasteiger partial charge in [0.15, 0.2) is 11.5 Å². The number of hydrogen-bond acceptors (Lipinski definition) is 4. The van der Waals surface area contributed by atoms with Gasteiger partial charge >= 0.3 is 0 Å². The molecule has 2 bridgehead atoms. The molecule has 3 atom stereocenters. The Morgan fingerprint density at radius 2 is 1.95 bits per heavy atom. The van der Waals surface area contributed by atoms with E-state index in [1.807, 2.05) is 6.07 Å². The van der Waals surface area contributed by atoms with E-state index in [9.17, 15) is 0 Å². The number of hydrogen-bond donors (Lipinski definition) is 1. The average molecular weight is 276 g/mol. The van der Waals surface area contributed by atoms with Gasteiger partial charge in [-0.3, -0.25) is 0 Å². The van der Waals surface area contributed by atoms with Crippen molar-refractivity contribution in [3.8, 4) is 11.5 Å². The molecule has 0 aromatic heterocycles. The molecule has 4 heteroatoms. The second-order valence-electron chi connectivity index (χ2n) is 5.81. The van der Waals surface area contributed by atoms with Gasteiger partial charge in [0, 0.05) is 19.1 Å². The molecule has 4 nitrogen and oxygen atoms in total. The van der Waals surface area contributed by atoms with Crippen LogP contribution in [-0.4, -0.2) is 44.8 Å². The number of piperidine rings is 1. The van der Waals surface area contributed by atoms with E-state index in [-0.39, 0.29) is 0 Å². The lowest BCUT2D eigenvalue weighted by molar-refractivity contribution is 0.220. The maximum atomic E-state index is 5.36. The van der Waals surface area contributed by atoms with Crippen molar-refractivity contribution in [2.24, 2.45) is 5.92 Å². The van der Waals surface area contributed by atoms with Crippen LogP contribution in [0.4, 0.5) is 0 Å². The third-order valence-corrected chi connectivity index (χ3v) is 4.65. The molecule has 0 saturated carbocycles. The molecule has 0 amide bonds. The molecule has 1 aromatic carbocycles. The Morgan fingerprint density at radius 3 is 2.75 bits per heavy atom. The number of rotatable bonds is 5. The number of nitrogens with one attached hydrogen (secondary N) is 1. The van der Waals surface area contributed by atoms with Crippen molar-refractivity contribution in [1.29, 1.82) is 0 Å². The fraction of sp³-hybridized carbons (Fsp3) is 0.625. The van der Waals surface area contributed by atoms with Gasteiger partial charge in [0.1, 0.15) is 0 Å². The second-order valence-corrected chi connectivity index (χ2v) is 5.81. The molecule has 2 aliphatic heterocycles. The van der Waals surface area contributed by atoms with E-state index in [1.54, 1.807) is 14.2 Å². The van der Waals surface area contributed by atoms with Crippen LogP contribution in [0.25, 0.3) is 0 Å². The number of ether oxygens (including phenoxy) is 2. The Bertz CT molecular complexity index is 464. The lowest BCUT2D eigenvalue weighted by atomic mass is 9.94. The van der Waals surface area contributed by atoms with Crippen LogP contribution < -0.4 is 14.8 Å². The summed E-state index contributed by atoms with van der Waals surface area (Å²) in [5.41, 5.74) is 1.25. The zero-order valence-corrected chi connectivity index (χ0v) is 12.4. The van der Waals surface area contributed by atoms with Crippen LogP contribution >= 0.6 is 0 Å². The van der Waals surface area contributed by atoms with Crippen LogP contribution in [0.15, 0.2) is 18.2 Å². The largest absolute Gasteiger partial charge is 0.493 e. The van der Waals surface area contributed by atoms with Gasteiger partial charge in [0.25, 0.3) is 0 Å². The van der Waals surface area contributed by atoms with Crippen molar-refractivity contribution in [3.05, 3.63) is 23.8 Å². The van der Waals surface area contributed by atoms with Crippen molar-refractivity contribution in [2.75, 3.05) is 33.9 Å². The summed E-state index contributed by atoms with van der Waals surface area (Å²) < 4.78 is 10.6. The first-order valence-electron chi connectivity index (χ1n) is 7.47. The predicted octanol–water partition coefficient (Wildman–Crippen LogP) is 1.89. The number of fused-ring (bicyclic) bond motifs is 2. The fourth-order valence-corrected chi connectivity index (χ4v) is 3.46. The second kappa shape index (κ2) is 6.02. The molecule has 3 rings (SSSR count). The van der Waals surface area contributed by atoms with Gasteiger partial charge in [0.05, 0.1) is 14.2 Å². The molecule has 0 spiro atoms. The molecule has 0 aliphatic carbocycles. The summed E-state index contributed by atoms with van der Waals surface area (Å²) in [5.74, 6) is 2.44. The Hall–Kier alpha value is -1.26. The highest BCUT2D eigenvalue weighted by Crippen LogP contribution is 2.29. The Morgan fingerprint density at radius 1 is 1.15 bits per heavy atom. The highest BCUT2D eigenvalue weighted by atomic mass is 16.5. The van der Waals surface area contributed by atoms with Crippen LogP contribution in [0.1, 0.15) is 18.4 Å². The number of benzene rings is 1. The van der Waals surface area contributed by atoms with Gasteiger partial charge in [0.2, 0.25) is 0 Å². The van der Waals surface area contributed by atoms with E-state index < -0.39 is 0 Å². The van der Waals surface area contributed by atoms with Crippen LogP contribution in [-0.2, 0) is 6.54 Å². The number of nitrogens with zero attached hydrogens (tertiary/aromatic N) is 1. The summed E-state index contributed by atoms with van der Waals surface area (Å²) in [7, 11) is 3.35. The predicted molar refractivity (Wildman–Crippen MR) is 79.3 cm³/mol. The van der Waals surface area contributed by atoms with E-state index in [0.29, 0.717) is 6.04 Å². The van der Waals surface area contributed by atoms with E-state index in [0.717, 1.165) is 24.0 Å². The van der Waals surface area contributed by atoms with Crippen molar-refractivity contribution >= 4 is 0 Å². The van der Waals surface area contributed by atoms with Crippen molar-refractivity contribution in [3.63, 3.8) is 0 Å². The molecule has 1 aromatic rings. The van der Waals surface area contributed by atoms with Crippen molar-refractivity contribution in [2.45, 2.75) is 25.4 Å². The topological polar surface area (TPSA) is 33.7 Å². The Balaban J connectivity index is 1.60. The van der Waals surface area contributed by atoms with Gasteiger partial charge < -0.3 is 19.7 Å². The minimum absolute atomic E-state index is 0.668. The lowest BCUT2D eigenvalue weighted by Gasteiger charge is -2.31. The van der Waals surface area contributed by atoms with Gasteiger partial charge in [-0.15, -0.1) is 0 Å².